The molecule has 0 spiro atoms. The maximum absolute atomic E-state index is 2.20. The summed E-state index contributed by atoms with van der Waals surface area (Å²) in [5, 5.41) is 0. The summed E-state index contributed by atoms with van der Waals surface area (Å²) in [5.74, 6) is 0. The molecule has 0 aromatic heterocycles. The summed E-state index contributed by atoms with van der Waals surface area (Å²) >= 11 is 0. The van der Waals surface area contributed by atoms with E-state index in [9.17, 15) is 0 Å². The van der Waals surface area contributed by atoms with Crippen LogP contribution in [0.3, 0.4) is 0 Å². The average Bonchev–Trinajstić information content (AvgIpc) is 1.87. The second kappa shape index (κ2) is 6.02. The standard InChI is InChI=1S/C10H19N/c1-5-7-10(2)8-6-9-11(3)4/h6,8-9H,5,7H2,1-4H3/b9-6-,10-8+. The predicted octanol–water partition coefficient (Wildman–Crippen LogP) is 2.81. The minimum Gasteiger partial charge on any atom is -0.383 e. The lowest BCUT2D eigenvalue weighted by molar-refractivity contribution is 0.564. The van der Waals surface area contributed by atoms with E-state index in [2.05, 4.69) is 32.2 Å². The molecule has 0 fully saturated rings. The molecule has 0 aliphatic heterocycles. The Kier molecular flexibility index (Phi) is 5.63. The summed E-state index contributed by atoms with van der Waals surface area (Å²) < 4.78 is 0. The third-order valence-electron chi connectivity index (χ3n) is 1.41. The number of hydrogen-bond donors (Lipinski definition) is 0. The Hall–Kier alpha value is -0.720. The highest BCUT2D eigenvalue weighted by Gasteiger charge is 1.82. The van der Waals surface area contributed by atoms with Crippen molar-refractivity contribution in [1.82, 2.24) is 4.90 Å². The van der Waals surface area contributed by atoms with Crippen LogP contribution in [-0.4, -0.2) is 19.0 Å². The summed E-state index contributed by atoms with van der Waals surface area (Å²) in [6.07, 6.45) is 8.75. The molecule has 1 nitrogen and oxygen atoms in total. The molecule has 0 unspecified atom stereocenters. The van der Waals surface area contributed by atoms with Gasteiger partial charge < -0.3 is 4.90 Å². The normalized spacial score (nSPS) is 12.5. The van der Waals surface area contributed by atoms with Crippen molar-refractivity contribution >= 4 is 0 Å². The second-order valence-electron chi connectivity index (χ2n) is 3.07. The van der Waals surface area contributed by atoms with Crippen LogP contribution in [0, 0.1) is 0 Å². The van der Waals surface area contributed by atoms with E-state index in [1.807, 2.05) is 19.0 Å². The van der Waals surface area contributed by atoms with E-state index in [1.54, 1.807) is 0 Å². The van der Waals surface area contributed by atoms with Gasteiger partial charge in [-0.15, -0.1) is 0 Å². The van der Waals surface area contributed by atoms with E-state index in [0.717, 1.165) is 0 Å². The quantitative estimate of drug-likeness (QED) is 0.561. The van der Waals surface area contributed by atoms with Gasteiger partial charge in [-0.2, -0.15) is 0 Å². The van der Waals surface area contributed by atoms with E-state index >= 15 is 0 Å². The van der Waals surface area contributed by atoms with E-state index in [-0.39, 0.29) is 0 Å². The molecule has 1 heteroatoms. The lowest BCUT2D eigenvalue weighted by atomic mass is 10.2. The van der Waals surface area contributed by atoms with Gasteiger partial charge in [0.05, 0.1) is 0 Å². The number of rotatable bonds is 4. The summed E-state index contributed by atoms with van der Waals surface area (Å²) in [6.45, 7) is 4.37. The van der Waals surface area contributed by atoms with Crippen LogP contribution in [0.1, 0.15) is 26.7 Å². The van der Waals surface area contributed by atoms with Gasteiger partial charge in [0.25, 0.3) is 0 Å². The van der Waals surface area contributed by atoms with E-state index in [0.29, 0.717) is 0 Å². The Balaban J connectivity index is 3.71. The SMILES string of the molecule is CCC/C(C)=C/C=C\N(C)C. The fourth-order valence-corrected chi connectivity index (χ4v) is 0.857. The molecule has 0 heterocycles. The first-order chi connectivity index (χ1) is 5.16. The van der Waals surface area contributed by atoms with Gasteiger partial charge in [-0.25, -0.2) is 0 Å². The molecular weight excluding hydrogens is 134 g/mol. The molecule has 0 aromatic rings. The Morgan fingerprint density at radius 3 is 2.45 bits per heavy atom. The fourth-order valence-electron chi connectivity index (χ4n) is 0.857. The highest BCUT2D eigenvalue weighted by Crippen LogP contribution is 2.02. The maximum Gasteiger partial charge on any atom is 0.00556 e. The molecule has 0 saturated heterocycles. The summed E-state index contributed by atoms with van der Waals surface area (Å²) in [5.41, 5.74) is 1.45. The zero-order chi connectivity index (χ0) is 8.69. The molecule has 64 valence electrons. The third kappa shape index (κ3) is 7.17. The summed E-state index contributed by atoms with van der Waals surface area (Å²) in [7, 11) is 4.05. The Bertz CT molecular complexity index is 143. The number of hydrogen-bond acceptors (Lipinski definition) is 1. The Morgan fingerprint density at radius 1 is 1.36 bits per heavy atom. The van der Waals surface area contributed by atoms with E-state index < -0.39 is 0 Å². The van der Waals surface area contributed by atoms with E-state index in [1.165, 1.54) is 18.4 Å². The first-order valence-electron chi connectivity index (χ1n) is 4.17. The second-order valence-corrected chi connectivity index (χ2v) is 3.07. The minimum absolute atomic E-state index is 1.21. The minimum atomic E-state index is 1.21. The van der Waals surface area contributed by atoms with Crippen LogP contribution in [0.4, 0.5) is 0 Å². The van der Waals surface area contributed by atoms with Crippen LogP contribution in [-0.2, 0) is 0 Å². The van der Waals surface area contributed by atoms with Gasteiger partial charge in [-0.3, -0.25) is 0 Å². The van der Waals surface area contributed by atoms with Crippen LogP contribution in [0.25, 0.3) is 0 Å². The molecule has 0 aliphatic carbocycles. The van der Waals surface area contributed by atoms with Crippen molar-refractivity contribution < 1.29 is 0 Å². The number of allylic oxidation sites excluding steroid dienone is 3. The molecule has 0 amide bonds. The fraction of sp³-hybridized carbons (Fsp3) is 0.600. The Morgan fingerprint density at radius 2 is 2.00 bits per heavy atom. The van der Waals surface area contributed by atoms with Gasteiger partial charge in [0, 0.05) is 14.1 Å². The van der Waals surface area contributed by atoms with Gasteiger partial charge in [-0.05, 0) is 25.6 Å². The molecule has 11 heavy (non-hydrogen) atoms. The summed E-state index contributed by atoms with van der Waals surface area (Å²) in [4.78, 5) is 2.04. The first-order valence-corrected chi connectivity index (χ1v) is 4.17. The van der Waals surface area contributed by atoms with Crippen LogP contribution in [0.2, 0.25) is 0 Å². The maximum atomic E-state index is 2.20. The Labute approximate surface area is 70.4 Å². The van der Waals surface area contributed by atoms with Crippen LogP contribution < -0.4 is 0 Å². The van der Waals surface area contributed by atoms with Gasteiger partial charge >= 0.3 is 0 Å². The van der Waals surface area contributed by atoms with Crippen LogP contribution >= 0.6 is 0 Å². The average molecular weight is 153 g/mol. The molecular formula is C10H19N. The third-order valence-corrected chi connectivity index (χ3v) is 1.41. The summed E-state index contributed by atoms with van der Waals surface area (Å²) in [6, 6.07) is 0. The largest absolute Gasteiger partial charge is 0.383 e. The van der Waals surface area contributed by atoms with Crippen molar-refractivity contribution in [2.75, 3.05) is 14.1 Å². The zero-order valence-electron chi connectivity index (χ0n) is 8.09. The first kappa shape index (κ1) is 10.3. The van der Waals surface area contributed by atoms with Crippen LogP contribution in [0.15, 0.2) is 23.9 Å². The number of nitrogens with zero attached hydrogens (tertiary/aromatic N) is 1. The molecule has 0 rings (SSSR count). The molecule has 0 bridgehead atoms. The van der Waals surface area contributed by atoms with Crippen molar-refractivity contribution in [3.8, 4) is 0 Å². The van der Waals surface area contributed by atoms with Crippen molar-refractivity contribution in [2.45, 2.75) is 26.7 Å². The van der Waals surface area contributed by atoms with Crippen LogP contribution in [0.5, 0.6) is 0 Å². The van der Waals surface area contributed by atoms with Crippen molar-refractivity contribution in [3.05, 3.63) is 23.9 Å². The highest BCUT2D eigenvalue weighted by molar-refractivity contribution is 5.09. The molecule has 0 atom stereocenters. The predicted molar refractivity (Wildman–Crippen MR) is 51.5 cm³/mol. The monoisotopic (exact) mass is 153 g/mol. The molecule has 0 radical (unpaired) electrons. The topological polar surface area (TPSA) is 3.24 Å². The van der Waals surface area contributed by atoms with E-state index in [4.69, 9.17) is 0 Å². The lowest BCUT2D eigenvalue weighted by Gasteiger charge is -2.01. The lowest BCUT2D eigenvalue weighted by Crippen LogP contribution is -1.99. The van der Waals surface area contributed by atoms with Gasteiger partial charge in [0.2, 0.25) is 0 Å². The zero-order valence-corrected chi connectivity index (χ0v) is 8.09. The van der Waals surface area contributed by atoms with Gasteiger partial charge in [0.1, 0.15) is 0 Å². The molecule has 0 saturated carbocycles. The smallest absolute Gasteiger partial charge is 0.00556 e. The van der Waals surface area contributed by atoms with Crippen molar-refractivity contribution in [3.63, 3.8) is 0 Å². The molecule has 0 aromatic carbocycles. The van der Waals surface area contributed by atoms with Gasteiger partial charge in [-0.1, -0.05) is 25.0 Å². The molecule has 0 aliphatic rings. The highest BCUT2D eigenvalue weighted by atomic mass is 15.0. The van der Waals surface area contributed by atoms with Gasteiger partial charge in [0.15, 0.2) is 0 Å². The van der Waals surface area contributed by atoms with Crippen molar-refractivity contribution in [2.24, 2.45) is 0 Å². The van der Waals surface area contributed by atoms with Crippen molar-refractivity contribution in [1.29, 1.82) is 0 Å². The molecule has 0 N–H and O–H groups in total.